The Kier molecular flexibility index (Phi) is 16.2. The molecule has 1 unspecified atom stereocenters. The third kappa shape index (κ3) is 16.6. The van der Waals surface area contributed by atoms with Gasteiger partial charge < -0.3 is 9.84 Å². The van der Waals surface area contributed by atoms with Crippen molar-refractivity contribution in [3.8, 4) is 0 Å². The number of hydrogen-bond acceptors (Lipinski definition) is 2. The molecule has 1 atom stereocenters. The highest BCUT2D eigenvalue weighted by atomic mass is 35.5. The quantitative estimate of drug-likeness (QED) is 0.180. The van der Waals surface area contributed by atoms with Gasteiger partial charge in [0.05, 0.1) is 6.61 Å². The predicted molar refractivity (Wildman–Crippen MR) is 97.4 cm³/mol. The summed E-state index contributed by atoms with van der Waals surface area (Å²) in [5, 5.41) is 8.02. The summed E-state index contributed by atoms with van der Waals surface area (Å²) < 4.78 is 5.21. The molecule has 0 rings (SSSR count). The lowest BCUT2D eigenvalue weighted by atomic mass is 10.0. The third-order valence-corrected chi connectivity index (χ3v) is 4.63. The van der Waals surface area contributed by atoms with Gasteiger partial charge in [0.1, 0.15) is 0 Å². The molecule has 1 N–H and O–H groups in total. The van der Waals surface area contributed by atoms with Gasteiger partial charge in [0.2, 0.25) is 5.25 Å². The van der Waals surface area contributed by atoms with Crippen LogP contribution in [0.4, 0.5) is 0 Å². The first-order chi connectivity index (χ1) is 10.6. The molecule has 0 saturated carbocycles. The minimum absolute atomic E-state index is 0.424. The number of rotatable bonds is 17. The first-order valence-corrected chi connectivity index (χ1v) is 10.1. The fourth-order valence-corrected chi connectivity index (χ4v) is 2.70. The highest BCUT2D eigenvalue weighted by Crippen LogP contribution is 2.18. The van der Waals surface area contributed by atoms with Gasteiger partial charge in [-0.25, -0.2) is 0 Å². The van der Waals surface area contributed by atoms with Crippen LogP contribution in [0.1, 0.15) is 110 Å². The smallest absolute Gasteiger partial charge is 0.245 e. The molecule has 0 saturated heterocycles. The van der Waals surface area contributed by atoms with E-state index in [0.29, 0.717) is 13.0 Å². The first kappa shape index (κ1) is 22.2. The Hall–Kier alpha value is 0.210. The molecule has 0 aromatic heterocycles. The van der Waals surface area contributed by atoms with E-state index in [4.69, 9.17) is 16.3 Å². The normalized spacial score (nSPS) is 14.2. The molecule has 3 heteroatoms. The van der Waals surface area contributed by atoms with Crippen LogP contribution in [0, 0.1) is 0 Å². The molecule has 0 aliphatic heterocycles. The van der Waals surface area contributed by atoms with Gasteiger partial charge in [-0.15, -0.1) is 0 Å². The van der Waals surface area contributed by atoms with Crippen molar-refractivity contribution in [3.63, 3.8) is 0 Å². The number of halogens is 1. The van der Waals surface area contributed by atoms with Crippen molar-refractivity contribution in [3.05, 3.63) is 0 Å². The van der Waals surface area contributed by atoms with Crippen LogP contribution in [0.2, 0.25) is 0 Å². The van der Waals surface area contributed by atoms with Crippen molar-refractivity contribution in [2.24, 2.45) is 0 Å². The van der Waals surface area contributed by atoms with E-state index in [-0.39, 0.29) is 0 Å². The van der Waals surface area contributed by atoms with E-state index in [1.807, 2.05) is 6.92 Å². The molecule has 0 aliphatic rings. The summed E-state index contributed by atoms with van der Waals surface area (Å²) in [6.45, 7) is 4.65. The minimum atomic E-state index is -1.45. The van der Waals surface area contributed by atoms with Crippen LogP contribution in [-0.2, 0) is 4.74 Å². The van der Waals surface area contributed by atoms with E-state index in [0.717, 1.165) is 6.42 Å². The van der Waals surface area contributed by atoms with Crippen LogP contribution in [-0.4, -0.2) is 17.0 Å². The van der Waals surface area contributed by atoms with Crippen molar-refractivity contribution in [2.45, 2.75) is 115 Å². The van der Waals surface area contributed by atoms with Crippen LogP contribution in [0.3, 0.4) is 0 Å². The summed E-state index contributed by atoms with van der Waals surface area (Å²) in [5.74, 6) is 0. The Bertz CT molecular complexity index is 219. The fraction of sp³-hybridized carbons (Fsp3) is 1.00. The van der Waals surface area contributed by atoms with Gasteiger partial charge in [-0.2, -0.15) is 0 Å². The van der Waals surface area contributed by atoms with Crippen molar-refractivity contribution in [1.29, 1.82) is 0 Å². The molecule has 0 amide bonds. The monoisotopic (exact) mass is 334 g/mol. The lowest BCUT2D eigenvalue weighted by Crippen LogP contribution is -2.24. The Morgan fingerprint density at radius 1 is 0.682 bits per heavy atom. The molecule has 22 heavy (non-hydrogen) atoms. The van der Waals surface area contributed by atoms with Crippen LogP contribution in [0.25, 0.3) is 0 Å². The maximum atomic E-state index is 9.47. The Morgan fingerprint density at radius 3 is 1.41 bits per heavy atom. The zero-order valence-electron chi connectivity index (χ0n) is 15.0. The highest BCUT2D eigenvalue weighted by Gasteiger charge is 2.20. The van der Waals surface area contributed by atoms with Gasteiger partial charge in [-0.3, -0.25) is 0 Å². The topological polar surface area (TPSA) is 29.5 Å². The molecule has 0 aromatic rings. The molecule has 2 nitrogen and oxygen atoms in total. The molecule has 0 aliphatic carbocycles. The second-order valence-electron chi connectivity index (χ2n) is 6.49. The van der Waals surface area contributed by atoms with Crippen molar-refractivity contribution < 1.29 is 9.84 Å². The van der Waals surface area contributed by atoms with Gasteiger partial charge in [0.15, 0.2) is 0 Å². The van der Waals surface area contributed by atoms with Crippen LogP contribution in [0.5, 0.6) is 0 Å². The minimum Gasteiger partial charge on any atom is -0.353 e. The summed E-state index contributed by atoms with van der Waals surface area (Å²) >= 11 is 5.71. The van der Waals surface area contributed by atoms with Crippen molar-refractivity contribution in [2.75, 3.05) is 6.61 Å². The number of unbranched alkanes of at least 4 members (excludes halogenated alkanes) is 13. The maximum Gasteiger partial charge on any atom is 0.245 e. The van der Waals surface area contributed by atoms with E-state index < -0.39 is 5.25 Å². The summed E-state index contributed by atoms with van der Waals surface area (Å²) in [5.41, 5.74) is 0. The first-order valence-electron chi connectivity index (χ1n) is 9.67. The molecule has 0 bridgehead atoms. The van der Waals surface area contributed by atoms with Gasteiger partial charge in [0.25, 0.3) is 0 Å². The predicted octanol–water partition coefficient (Wildman–Crippen LogP) is 6.78. The molecular weight excluding hydrogens is 296 g/mol. The second kappa shape index (κ2) is 16.1. The van der Waals surface area contributed by atoms with E-state index >= 15 is 0 Å². The van der Waals surface area contributed by atoms with E-state index in [9.17, 15) is 5.11 Å². The lowest BCUT2D eigenvalue weighted by molar-refractivity contribution is -0.139. The molecule has 0 heterocycles. The van der Waals surface area contributed by atoms with Crippen LogP contribution in [0.15, 0.2) is 0 Å². The Balaban J connectivity index is 3.06. The summed E-state index contributed by atoms with van der Waals surface area (Å²) in [4.78, 5) is 0. The van der Waals surface area contributed by atoms with E-state index in [2.05, 4.69) is 6.92 Å². The number of ether oxygens (including phenoxy) is 1. The second-order valence-corrected chi connectivity index (χ2v) is 7.08. The molecule has 0 aromatic carbocycles. The summed E-state index contributed by atoms with van der Waals surface area (Å²) in [6, 6.07) is 0. The average Bonchev–Trinajstić information content (AvgIpc) is 2.51. The van der Waals surface area contributed by atoms with Gasteiger partial charge in [-0.05, 0) is 6.42 Å². The largest absolute Gasteiger partial charge is 0.353 e. The average molecular weight is 335 g/mol. The lowest BCUT2D eigenvalue weighted by Gasteiger charge is -2.18. The molecule has 0 fully saturated rings. The van der Waals surface area contributed by atoms with Crippen molar-refractivity contribution in [1.82, 2.24) is 0 Å². The van der Waals surface area contributed by atoms with Gasteiger partial charge >= 0.3 is 0 Å². The molecule has 0 radical (unpaired) electrons. The number of aliphatic hydroxyl groups is 1. The summed E-state index contributed by atoms with van der Waals surface area (Å²) in [7, 11) is 0. The highest BCUT2D eigenvalue weighted by molar-refractivity contribution is 6.21. The van der Waals surface area contributed by atoms with Crippen LogP contribution < -0.4 is 0 Å². The SMILES string of the molecule is CCCCCCCCCCCCCCCCOC(O)(Cl)CC. The van der Waals surface area contributed by atoms with Crippen LogP contribution >= 0.6 is 11.6 Å². The third-order valence-electron chi connectivity index (χ3n) is 4.26. The Labute approximate surface area is 144 Å². The van der Waals surface area contributed by atoms with Crippen molar-refractivity contribution >= 4 is 11.6 Å². The zero-order valence-corrected chi connectivity index (χ0v) is 15.8. The van der Waals surface area contributed by atoms with Gasteiger partial charge in [0, 0.05) is 6.42 Å². The van der Waals surface area contributed by atoms with E-state index in [1.165, 1.54) is 83.5 Å². The standard InChI is InChI=1S/C19H39ClO2/c1-3-5-6-7-8-9-10-11-12-13-14-15-16-17-18-22-19(20,21)4-2/h21H,3-18H2,1-2H3. The fourth-order valence-electron chi connectivity index (χ4n) is 2.63. The van der Waals surface area contributed by atoms with E-state index in [1.54, 1.807) is 0 Å². The molecule has 134 valence electrons. The summed E-state index contributed by atoms with van der Waals surface area (Å²) in [6.07, 6.45) is 19.3. The molecular formula is C19H39ClO2. The maximum absolute atomic E-state index is 9.47. The van der Waals surface area contributed by atoms with Gasteiger partial charge in [-0.1, -0.05) is 109 Å². The zero-order chi connectivity index (χ0) is 16.5. The Morgan fingerprint density at radius 2 is 1.05 bits per heavy atom. The number of hydrogen-bond donors (Lipinski definition) is 1. The molecule has 0 spiro atoms. The number of alkyl halides is 1.